The fourth-order valence-electron chi connectivity index (χ4n) is 5.08. The lowest BCUT2D eigenvalue weighted by molar-refractivity contribution is -0.127. The summed E-state index contributed by atoms with van der Waals surface area (Å²) in [6.45, 7) is 8.94. The van der Waals surface area contributed by atoms with E-state index < -0.39 is 0 Å². The van der Waals surface area contributed by atoms with Gasteiger partial charge in [0, 0.05) is 18.2 Å². The van der Waals surface area contributed by atoms with Crippen LogP contribution in [0, 0.1) is 5.92 Å². The molecule has 2 aliphatic rings. The predicted molar refractivity (Wildman–Crippen MR) is 131 cm³/mol. The molecule has 6 nitrogen and oxygen atoms in total. The van der Waals surface area contributed by atoms with Crippen LogP contribution in [0.5, 0.6) is 0 Å². The molecule has 1 aromatic heterocycles. The molecule has 1 atom stereocenters. The van der Waals surface area contributed by atoms with Gasteiger partial charge in [-0.05, 0) is 43.2 Å². The average molecular weight is 453 g/mol. The zero-order valence-corrected chi connectivity index (χ0v) is 20.6. The van der Waals surface area contributed by atoms with Gasteiger partial charge in [0.25, 0.3) is 0 Å². The molecule has 33 heavy (non-hydrogen) atoms. The van der Waals surface area contributed by atoms with Crippen LogP contribution in [0.3, 0.4) is 0 Å². The highest BCUT2D eigenvalue weighted by molar-refractivity contribution is 5.79. The summed E-state index contributed by atoms with van der Waals surface area (Å²) >= 11 is 0. The summed E-state index contributed by atoms with van der Waals surface area (Å²) in [5.74, 6) is 1.53. The summed E-state index contributed by atoms with van der Waals surface area (Å²) in [4.78, 5) is 19.9. The Morgan fingerprint density at radius 2 is 1.73 bits per heavy atom. The van der Waals surface area contributed by atoms with E-state index >= 15 is 0 Å². The van der Waals surface area contributed by atoms with Gasteiger partial charge in [-0.25, -0.2) is 0 Å². The first-order valence-corrected chi connectivity index (χ1v) is 12.8. The molecule has 1 amide bonds. The highest BCUT2D eigenvalue weighted by Gasteiger charge is 2.28. The zero-order chi connectivity index (χ0) is 23.3. The highest BCUT2D eigenvalue weighted by atomic mass is 16.5. The molecule has 180 valence electrons. The Hall–Kier alpha value is -2.21. The Bertz CT molecular complexity index is 892. The molecule has 1 unspecified atom stereocenters. The molecule has 1 aromatic carbocycles. The first-order valence-electron chi connectivity index (χ1n) is 12.8. The van der Waals surface area contributed by atoms with Crippen molar-refractivity contribution in [3.8, 4) is 11.4 Å². The lowest BCUT2D eigenvalue weighted by Gasteiger charge is -2.32. The van der Waals surface area contributed by atoms with Crippen molar-refractivity contribution in [3.63, 3.8) is 0 Å². The predicted octanol–water partition coefficient (Wildman–Crippen LogP) is 5.48. The first-order chi connectivity index (χ1) is 15.9. The van der Waals surface area contributed by atoms with Crippen molar-refractivity contribution < 1.29 is 9.32 Å². The lowest BCUT2D eigenvalue weighted by atomic mass is 9.87. The van der Waals surface area contributed by atoms with E-state index in [1.807, 2.05) is 0 Å². The average Bonchev–Trinajstić information content (AvgIpc) is 3.23. The number of piperidine rings is 1. The SMILES string of the molecule is CC(C)(C)c1ccc(-c2noc(CN3CCCC(C(=O)NC4CCCCCCC4)C3)n2)cc1. The molecule has 1 N–H and O–H groups in total. The van der Waals surface area contributed by atoms with Gasteiger partial charge in [-0.1, -0.05) is 82.3 Å². The van der Waals surface area contributed by atoms with Crippen LogP contribution < -0.4 is 5.32 Å². The van der Waals surface area contributed by atoms with Crippen molar-refractivity contribution in [2.24, 2.45) is 5.92 Å². The number of likely N-dealkylation sites (tertiary alicyclic amines) is 1. The second-order valence-electron chi connectivity index (χ2n) is 11.0. The van der Waals surface area contributed by atoms with E-state index in [1.165, 1.54) is 37.7 Å². The van der Waals surface area contributed by atoms with Crippen LogP contribution in [-0.2, 0) is 16.8 Å². The quantitative estimate of drug-likeness (QED) is 0.651. The molecule has 2 heterocycles. The summed E-state index contributed by atoms with van der Waals surface area (Å²) in [5.41, 5.74) is 2.37. The molecular formula is C27H40N4O2. The minimum absolute atomic E-state index is 0.0523. The molecule has 0 spiro atoms. The number of nitrogens with zero attached hydrogens (tertiary/aromatic N) is 3. The molecular weight excluding hydrogens is 412 g/mol. The van der Waals surface area contributed by atoms with Gasteiger partial charge < -0.3 is 9.84 Å². The van der Waals surface area contributed by atoms with Crippen LogP contribution in [0.15, 0.2) is 28.8 Å². The van der Waals surface area contributed by atoms with E-state index in [0.717, 1.165) is 44.3 Å². The minimum atomic E-state index is 0.0523. The van der Waals surface area contributed by atoms with Crippen LogP contribution in [0.1, 0.15) is 90.0 Å². The summed E-state index contributed by atoms with van der Waals surface area (Å²) in [6.07, 6.45) is 10.7. The summed E-state index contributed by atoms with van der Waals surface area (Å²) in [7, 11) is 0. The standard InChI is InChI=1S/C27H40N4O2/c1-27(2,3)22-15-13-20(14-16-22)25-29-24(33-30-25)19-31-17-9-10-21(18-31)26(32)28-23-11-7-5-4-6-8-12-23/h13-16,21,23H,4-12,17-19H2,1-3H3,(H,28,32). The number of carbonyl (C=O) groups excluding carboxylic acids is 1. The number of amides is 1. The van der Waals surface area contributed by atoms with Gasteiger partial charge in [-0.15, -0.1) is 0 Å². The smallest absolute Gasteiger partial charge is 0.241 e. The molecule has 6 heteroatoms. The first kappa shape index (κ1) is 23.9. The third-order valence-corrected chi connectivity index (χ3v) is 7.16. The van der Waals surface area contributed by atoms with Crippen molar-refractivity contribution in [1.29, 1.82) is 0 Å². The number of carbonyl (C=O) groups is 1. The third-order valence-electron chi connectivity index (χ3n) is 7.16. The Morgan fingerprint density at radius 3 is 2.42 bits per heavy atom. The van der Waals surface area contributed by atoms with Crippen LogP contribution in [0.25, 0.3) is 11.4 Å². The van der Waals surface area contributed by atoms with Crippen molar-refractivity contribution in [1.82, 2.24) is 20.4 Å². The molecule has 4 rings (SSSR count). The summed E-state index contributed by atoms with van der Waals surface area (Å²) < 4.78 is 5.56. The number of hydrogen-bond donors (Lipinski definition) is 1. The second kappa shape index (κ2) is 10.8. The Labute approximate surface area is 198 Å². The Kier molecular flexibility index (Phi) is 7.84. The fourth-order valence-corrected chi connectivity index (χ4v) is 5.08. The molecule has 0 bridgehead atoms. The number of nitrogens with one attached hydrogen (secondary N) is 1. The molecule has 2 fully saturated rings. The van der Waals surface area contributed by atoms with Crippen molar-refractivity contribution >= 4 is 5.91 Å². The number of rotatable bonds is 5. The molecule has 2 aromatic rings. The van der Waals surface area contributed by atoms with Crippen LogP contribution in [0.2, 0.25) is 0 Å². The van der Waals surface area contributed by atoms with Crippen LogP contribution in [0.4, 0.5) is 0 Å². The highest BCUT2D eigenvalue weighted by Crippen LogP contribution is 2.26. The summed E-state index contributed by atoms with van der Waals surface area (Å²) in [6, 6.07) is 8.75. The van der Waals surface area contributed by atoms with Crippen molar-refractivity contribution in [2.45, 2.75) is 96.6 Å². The largest absolute Gasteiger partial charge is 0.353 e. The zero-order valence-electron chi connectivity index (χ0n) is 20.6. The summed E-state index contributed by atoms with van der Waals surface area (Å²) in [5, 5.41) is 7.56. The fraction of sp³-hybridized carbons (Fsp3) is 0.667. The molecule has 0 radical (unpaired) electrons. The second-order valence-corrected chi connectivity index (χ2v) is 11.0. The maximum absolute atomic E-state index is 13.0. The molecule has 1 saturated heterocycles. The van der Waals surface area contributed by atoms with E-state index in [4.69, 9.17) is 4.52 Å². The Morgan fingerprint density at radius 1 is 1.03 bits per heavy atom. The Balaban J connectivity index is 1.31. The number of aromatic nitrogens is 2. The van der Waals surface area contributed by atoms with E-state index in [-0.39, 0.29) is 17.2 Å². The van der Waals surface area contributed by atoms with Gasteiger partial charge in [0.05, 0.1) is 12.5 Å². The van der Waals surface area contributed by atoms with E-state index in [0.29, 0.717) is 24.3 Å². The van der Waals surface area contributed by atoms with Gasteiger partial charge in [0.15, 0.2) is 0 Å². The van der Waals surface area contributed by atoms with Gasteiger partial charge in [-0.2, -0.15) is 4.98 Å². The monoisotopic (exact) mass is 452 g/mol. The van der Waals surface area contributed by atoms with Gasteiger partial charge in [0.1, 0.15) is 0 Å². The third kappa shape index (κ3) is 6.66. The number of benzene rings is 1. The maximum Gasteiger partial charge on any atom is 0.241 e. The maximum atomic E-state index is 13.0. The normalized spacial score (nSPS) is 21.4. The van der Waals surface area contributed by atoms with Crippen LogP contribution >= 0.6 is 0 Å². The van der Waals surface area contributed by atoms with Crippen molar-refractivity contribution in [2.75, 3.05) is 13.1 Å². The van der Waals surface area contributed by atoms with Crippen molar-refractivity contribution in [3.05, 3.63) is 35.7 Å². The molecule has 1 aliphatic heterocycles. The molecule has 1 aliphatic carbocycles. The molecule has 1 saturated carbocycles. The van der Waals surface area contributed by atoms with Crippen LogP contribution in [-0.4, -0.2) is 40.1 Å². The van der Waals surface area contributed by atoms with Gasteiger partial charge >= 0.3 is 0 Å². The van der Waals surface area contributed by atoms with Gasteiger partial charge in [0.2, 0.25) is 17.6 Å². The topological polar surface area (TPSA) is 71.3 Å². The minimum Gasteiger partial charge on any atom is -0.353 e. The number of hydrogen-bond acceptors (Lipinski definition) is 5. The lowest BCUT2D eigenvalue weighted by Crippen LogP contribution is -2.45. The van der Waals surface area contributed by atoms with E-state index in [9.17, 15) is 4.79 Å². The van der Waals surface area contributed by atoms with E-state index in [1.54, 1.807) is 0 Å². The van der Waals surface area contributed by atoms with E-state index in [2.05, 4.69) is 65.4 Å². The van der Waals surface area contributed by atoms with Gasteiger partial charge in [-0.3, -0.25) is 9.69 Å².